The summed E-state index contributed by atoms with van der Waals surface area (Å²) in [7, 11) is 4.08. The molecule has 400 valence electrons. The molecule has 0 aromatic heterocycles. The Morgan fingerprint density at radius 3 is 1.06 bits per heavy atom. The van der Waals surface area contributed by atoms with E-state index in [-0.39, 0.29) is 51.4 Å². The molecule has 0 aromatic rings. The van der Waals surface area contributed by atoms with Crippen molar-refractivity contribution in [3.8, 4) is 22.9 Å². The van der Waals surface area contributed by atoms with E-state index in [1.54, 1.807) is 41.5 Å². The van der Waals surface area contributed by atoms with Gasteiger partial charge in [-0.05, 0) is 117 Å². The fraction of sp³-hybridized carbons (Fsp3) is 0.800. The lowest BCUT2D eigenvalue weighted by Crippen LogP contribution is -2.44. The summed E-state index contributed by atoms with van der Waals surface area (Å²) in [5.41, 5.74) is 16.2. The molecule has 0 aliphatic heterocycles. The molecule has 0 aromatic carbocycles. The van der Waals surface area contributed by atoms with Crippen LogP contribution in [0, 0.1) is 55.4 Å². The SMILES string of the molecule is CC#C[Si](C)(C)C.CCC(C)(CC(C)(CC(C)(CC)C(=O)OCC#C[Si](C)(C)C)C(=O)OC)C(=O)OC.CCC(C)(CC(C)(CC(C)(CC)C(=O)OCCCN=[N+]=[N-])C(=O)OC)C(=O)OC.CN=[N+]=[N-]. The number of hydrogen-bond acceptors (Lipinski definition) is 14. The third kappa shape index (κ3) is 26.8. The van der Waals surface area contributed by atoms with Crippen molar-refractivity contribution in [1.29, 1.82) is 0 Å². The summed E-state index contributed by atoms with van der Waals surface area (Å²) in [5.74, 6) is 3.27. The lowest BCUT2D eigenvalue weighted by atomic mass is 9.64. The van der Waals surface area contributed by atoms with Gasteiger partial charge in [-0.3, -0.25) is 28.8 Å². The standard InChI is InChI=1S/C23H40O6Si.C20H35N3O6.C6H12Si.CH3N3/c1-11-21(3,18(24)27-6)16-23(5,19(25)28-7)17-22(4,12-2)20(26)29-14-13-15-30(8,9)10;1-8-18(3,15(24)27-6)13-20(5,16(25)28-7)14-19(4,9-2)17(26)29-12-10-11-22-23-21;1-5-6-7(2,3)4;1-3-4-2/h11-12,14,16-17H2,1-10H3;8-14H2,1-7H3;1-4H3;1H3. The number of ether oxygens (including phenoxy) is 6. The smallest absolute Gasteiger partial charge is 0.312 e. The molecule has 0 bridgehead atoms. The topological polar surface area (TPSA) is 255 Å². The van der Waals surface area contributed by atoms with Crippen LogP contribution in [0.3, 0.4) is 0 Å². The van der Waals surface area contributed by atoms with Crippen LogP contribution in [0.4, 0.5) is 0 Å². The number of nitrogens with zero attached hydrogens (tertiary/aromatic N) is 6. The largest absolute Gasteiger partial charge is 0.469 e. The predicted molar refractivity (Wildman–Crippen MR) is 280 cm³/mol. The summed E-state index contributed by atoms with van der Waals surface area (Å²) in [6, 6.07) is 0. The zero-order valence-electron chi connectivity index (χ0n) is 47.1. The minimum Gasteiger partial charge on any atom is -0.469 e. The van der Waals surface area contributed by atoms with Gasteiger partial charge < -0.3 is 28.4 Å². The quantitative estimate of drug-likeness (QED) is 0.0135. The lowest BCUT2D eigenvalue weighted by Gasteiger charge is -2.40. The van der Waals surface area contributed by atoms with E-state index >= 15 is 0 Å². The molecule has 0 saturated carbocycles. The molecule has 18 nitrogen and oxygen atoms in total. The van der Waals surface area contributed by atoms with Crippen LogP contribution in [0.2, 0.25) is 39.3 Å². The maximum Gasteiger partial charge on any atom is 0.312 e. The minimum absolute atomic E-state index is 0.0302. The summed E-state index contributed by atoms with van der Waals surface area (Å²) >= 11 is 0. The molecule has 0 spiro atoms. The Morgan fingerprint density at radius 1 is 0.514 bits per heavy atom. The average molecular weight is 1020 g/mol. The van der Waals surface area contributed by atoms with E-state index in [4.69, 9.17) is 39.5 Å². The van der Waals surface area contributed by atoms with Crippen molar-refractivity contribution in [1.82, 2.24) is 0 Å². The third-order valence-electron chi connectivity index (χ3n) is 12.0. The van der Waals surface area contributed by atoms with E-state index in [1.807, 2.05) is 34.6 Å². The Bertz CT molecular complexity index is 1920. The van der Waals surface area contributed by atoms with E-state index in [0.717, 1.165) is 0 Å². The number of rotatable bonds is 23. The molecule has 0 aliphatic rings. The first-order valence-electron chi connectivity index (χ1n) is 23.6. The molecular formula is C50H90N6O12Si2. The van der Waals surface area contributed by atoms with Gasteiger partial charge in [0.15, 0.2) is 6.61 Å². The zero-order chi connectivity index (χ0) is 55.8. The number of esters is 6. The van der Waals surface area contributed by atoms with Crippen LogP contribution in [0.15, 0.2) is 10.2 Å². The summed E-state index contributed by atoms with van der Waals surface area (Å²) in [6.07, 6.45) is 3.02. The van der Waals surface area contributed by atoms with Crippen molar-refractivity contribution >= 4 is 52.0 Å². The van der Waals surface area contributed by atoms with Gasteiger partial charge in [-0.15, -0.1) is 17.0 Å². The highest BCUT2D eigenvalue weighted by Crippen LogP contribution is 2.48. The number of methoxy groups -OCH3 is 4. The molecule has 0 heterocycles. The predicted octanol–water partition coefficient (Wildman–Crippen LogP) is 11.4. The Kier molecular flexibility index (Phi) is 34.3. The van der Waals surface area contributed by atoms with Crippen molar-refractivity contribution in [3.63, 3.8) is 0 Å². The molecule has 0 radical (unpaired) electrons. The molecule has 0 amide bonds. The van der Waals surface area contributed by atoms with Gasteiger partial charge in [0.2, 0.25) is 0 Å². The molecular weight excluding hydrogens is 933 g/mol. The number of azide groups is 2. The molecule has 6 unspecified atom stereocenters. The van der Waals surface area contributed by atoms with E-state index in [9.17, 15) is 28.8 Å². The van der Waals surface area contributed by atoms with Gasteiger partial charge in [-0.2, -0.15) is 0 Å². The van der Waals surface area contributed by atoms with Crippen molar-refractivity contribution in [3.05, 3.63) is 20.9 Å². The Labute approximate surface area is 422 Å². The van der Waals surface area contributed by atoms with Gasteiger partial charge >= 0.3 is 35.8 Å². The van der Waals surface area contributed by atoms with Crippen LogP contribution in [-0.4, -0.2) is 107 Å². The second kappa shape index (κ2) is 33.6. The van der Waals surface area contributed by atoms with Gasteiger partial charge in [0.05, 0.1) is 67.5 Å². The second-order valence-corrected chi connectivity index (χ2v) is 30.4. The van der Waals surface area contributed by atoms with E-state index in [2.05, 4.69) is 82.3 Å². The highest BCUT2D eigenvalue weighted by atomic mass is 28.3. The van der Waals surface area contributed by atoms with Gasteiger partial charge in [0.1, 0.15) is 16.1 Å². The van der Waals surface area contributed by atoms with Crippen molar-refractivity contribution in [2.45, 2.75) is 173 Å². The number of carbonyl (C=O) groups is 6. The highest BCUT2D eigenvalue weighted by Gasteiger charge is 2.52. The monoisotopic (exact) mass is 1020 g/mol. The van der Waals surface area contributed by atoms with Crippen LogP contribution < -0.4 is 0 Å². The molecule has 0 rings (SSSR count). The summed E-state index contributed by atoms with van der Waals surface area (Å²) in [6.45, 7) is 33.3. The fourth-order valence-corrected chi connectivity index (χ4v) is 9.03. The number of carbonyl (C=O) groups excluding carboxylic acids is 6. The van der Waals surface area contributed by atoms with Gasteiger partial charge in [0, 0.05) is 23.4 Å². The Hall–Kier alpha value is -5.01. The second-order valence-electron chi connectivity index (χ2n) is 20.9. The third-order valence-corrected chi connectivity index (χ3v) is 13.9. The highest BCUT2D eigenvalue weighted by molar-refractivity contribution is 6.84. The Morgan fingerprint density at radius 2 is 0.814 bits per heavy atom. The molecule has 70 heavy (non-hydrogen) atoms. The minimum atomic E-state index is -1.54. The molecule has 0 fully saturated rings. The lowest BCUT2D eigenvalue weighted by molar-refractivity contribution is -0.169. The normalized spacial score (nSPS) is 15.6. The van der Waals surface area contributed by atoms with Gasteiger partial charge in [0.25, 0.3) is 0 Å². The number of hydrogen-bond donors (Lipinski definition) is 0. The van der Waals surface area contributed by atoms with Gasteiger partial charge in [-0.25, -0.2) is 0 Å². The molecule has 0 N–H and O–H groups in total. The van der Waals surface area contributed by atoms with Crippen LogP contribution in [-0.2, 0) is 57.2 Å². The molecule has 20 heteroatoms. The first-order valence-corrected chi connectivity index (χ1v) is 30.6. The van der Waals surface area contributed by atoms with E-state index in [0.29, 0.717) is 32.1 Å². The fourth-order valence-electron chi connectivity index (χ4n) is 7.68. The van der Waals surface area contributed by atoms with Crippen molar-refractivity contribution in [2.75, 3.05) is 55.2 Å². The van der Waals surface area contributed by atoms with E-state index in [1.165, 1.54) is 35.5 Å². The molecule has 6 atom stereocenters. The van der Waals surface area contributed by atoms with Gasteiger partial charge in [-0.1, -0.05) is 83.1 Å². The average Bonchev–Trinajstić information content (AvgIpc) is 3.30. The Balaban J connectivity index is -0.000000511. The van der Waals surface area contributed by atoms with Crippen molar-refractivity contribution in [2.24, 2.45) is 42.7 Å². The zero-order valence-corrected chi connectivity index (χ0v) is 49.1. The molecule has 0 saturated heterocycles. The van der Waals surface area contributed by atoms with Crippen LogP contribution >= 0.6 is 0 Å². The maximum atomic E-state index is 12.9. The summed E-state index contributed by atoms with van der Waals surface area (Å²) in [5, 5.41) is 6.32. The molecule has 0 aliphatic carbocycles. The summed E-state index contributed by atoms with van der Waals surface area (Å²) < 4.78 is 30.8. The van der Waals surface area contributed by atoms with Crippen LogP contribution in [0.5, 0.6) is 0 Å². The van der Waals surface area contributed by atoms with E-state index < -0.39 is 78.5 Å². The summed E-state index contributed by atoms with van der Waals surface area (Å²) in [4.78, 5) is 80.9. The van der Waals surface area contributed by atoms with Crippen molar-refractivity contribution < 1.29 is 57.2 Å². The van der Waals surface area contributed by atoms with Crippen LogP contribution in [0.25, 0.3) is 20.9 Å². The van der Waals surface area contributed by atoms with Crippen LogP contribution in [0.1, 0.15) is 134 Å². The first kappa shape index (κ1) is 71.5. The maximum absolute atomic E-state index is 12.9. The first-order chi connectivity index (χ1) is 32.1.